The number of ether oxygens (including phenoxy) is 2. The van der Waals surface area contributed by atoms with Gasteiger partial charge in [0.1, 0.15) is 11.6 Å². The zero-order valence-corrected chi connectivity index (χ0v) is 19.7. The average Bonchev–Trinajstić information content (AvgIpc) is 2.86. The Morgan fingerprint density at radius 3 is 2.69 bits per heavy atom. The molecule has 2 saturated heterocycles. The van der Waals surface area contributed by atoms with Crippen LogP contribution in [0.25, 0.3) is 16.8 Å². The highest BCUT2D eigenvalue weighted by Crippen LogP contribution is 2.22. The summed E-state index contributed by atoms with van der Waals surface area (Å²) in [6, 6.07) is 13.9. The van der Waals surface area contributed by atoms with Crippen molar-refractivity contribution in [1.29, 1.82) is 5.26 Å². The normalized spacial score (nSPS) is 23.6. The zero-order valence-electron chi connectivity index (χ0n) is 19.7. The molecule has 186 valence electrons. The largest absolute Gasteiger partial charge is 0.393 e. The van der Waals surface area contributed by atoms with Gasteiger partial charge >= 0.3 is 0 Å². The Hall–Kier alpha value is -3.00. The molecule has 2 aliphatic heterocycles. The maximum Gasteiger partial charge on any atom is 0.262 e. The van der Waals surface area contributed by atoms with Gasteiger partial charge in [0.2, 0.25) is 0 Å². The minimum absolute atomic E-state index is 0.0253. The van der Waals surface area contributed by atoms with Crippen molar-refractivity contribution in [2.75, 3.05) is 51.3 Å². The van der Waals surface area contributed by atoms with Crippen molar-refractivity contribution in [3.8, 4) is 6.07 Å². The minimum atomic E-state index is -1.05. The van der Waals surface area contributed by atoms with E-state index in [0.29, 0.717) is 6.42 Å². The first-order valence-corrected chi connectivity index (χ1v) is 12.0. The predicted octanol–water partition coefficient (Wildman–Crippen LogP) is 1.47. The van der Waals surface area contributed by atoms with E-state index in [1.54, 1.807) is 6.08 Å². The number of hydrogen-bond donors (Lipinski definition) is 4. The summed E-state index contributed by atoms with van der Waals surface area (Å²) in [5.74, 6) is -0.523. The number of aliphatic hydroxyl groups is 2. The summed E-state index contributed by atoms with van der Waals surface area (Å²) < 4.78 is 10.7. The van der Waals surface area contributed by atoms with Gasteiger partial charge in [-0.1, -0.05) is 18.2 Å². The molecule has 2 fully saturated rings. The van der Waals surface area contributed by atoms with Crippen molar-refractivity contribution in [2.45, 2.75) is 31.3 Å². The van der Waals surface area contributed by atoms with Crippen LogP contribution in [0.1, 0.15) is 18.4 Å². The van der Waals surface area contributed by atoms with Crippen molar-refractivity contribution in [3.05, 3.63) is 47.5 Å². The van der Waals surface area contributed by atoms with Gasteiger partial charge in [-0.05, 0) is 40.6 Å². The van der Waals surface area contributed by atoms with Crippen LogP contribution in [0.15, 0.2) is 42.0 Å². The van der Waals surface area contributed by atoms with Crippen molar-refractivity contribution in [2.24, 2.45) is 0 Å². The van der Waals surface area contributed by atoms with Crippen molar-refractivity contribution in [1.82, 2.24) is 10.2 Å². The lowest BCUT2D eigenvalue weighted by Gasteiger charge is -2.30. The van der Waals surface area contributed by atoms with Gasteiger partial charge in [0, 0.05) is 51.3 Å². The molecule has 0 aromatic heterocycles. The topological polar surface area (TPSA) is 127 Å². The third-order valence-corrected chi connectivity index (χ3v) is 6.25. The molecule has 3 unspecified atom stereocenters. The highest BCUT2D eigenvalue weighted by Gasteiger charge is 2.27. The smallest absolute Gasteiger partial charge is 0.262 e. The van der Waals surface area contributed by atoms with Gasteiger partial charge in [-0.2, -0.15) is 5.26 Å². The van der Waals surface area contributed by atoms with Crippen molar-refractivity contribution >= 4 is 28.4 Å². The summed E-state index contributed by atoms with van der Waals surface area (Å²) in [7, 11) is 0. The van der Waals surface area contributed by atoms with E-state index in [1.807, 2.05) is 36.4 Å². The summed E-state index contributed by atoms with van der Waals surface area (Å²) in [6.07, 6.45) is -0.210. The maximum atomic E-state index is 12.5. The molecule has 0 aliphatic carbocycles. The summed E-state index contributed by atoms with van der Waals surface area (Å²) in [4.78, 5) is 14.9. The Labute approximate surface area is 204 Å². The average molecular weight is 481 g/mol. The van der Waals surface area contributed by atoms with Crippen LogP contribution < -0.4 is 10.6 Å². The number of carbonyl (C=O) groups excluding carboxylic acids is 1. The number of anilines is 1. The van der Waals surface area contributed by atoms with Gasteiger partial charge in [0.05, 0.1) is 25.4 Å². The van der Waals surface area contributed by atoms with E-state index in [2.05, 4.69) is 21.6 Å². The van der Waals surface area contributed by atoms with Crippen LogP contribution in [0.2, 0.25) is 0 Å². The van der Waals surface area contributed by atoms with E-state index in [9.17, 15) is 20.3 Å². The Balaban J connectivity index is 1.34. The fourth-order valence-corrected chi connectivity index (χ4v) is 4.36. The number of hydrogen-bond acceptors (Lipinski definition) is 8. The lowest BCUT2D eigenvalue weighted by atomic mass is 10.0. The molecule has 2 heterocycles. The maximum absolute atomic E-state index is 12.5. The Kier molecular flexibility index (Phi) is 8.69. The van der Waals surface area contributed by atoms with Gasteiger partial charge in [0.15, 0.2) is 6.29 Å². The molecule has 2 aliphatic rings. The number of amides is 1. The number of rotatable bonds is 8. The number of carbonyl (C=O) groups is 1. The van der Waals surface area contributed by atoms with E-state index in [4.69, 9.17) is 9.47 Å². The fraction of sp³-hybridized carbons (Fsp3) is 0.462. The molecule has 2 aromatic rings. The molecule has 4 N–H and O–H groups in total. The highest BCUT2D eigenvalue weighted by atomic mass is 16.6. The molecular weight excluding hydrogens is 448 g/mol. The minimum Gasteiger partial charge on any atom is -0.393 e. The van der Waals surface area contributed by atoms with Crippen molar-refractivity contribution in [3.63, 3.8) is 0 Å². The number of nitrogens with zero attached hydrogens (tertiary/aromatic N) is 2. The van der Waals surface area contributed by atoms with Crippen LogP contribution in [-0.2, 0) is 14.3 Å². The number of fused-ring (bicyclic) bond motifs is 1. The lowest BCUT2D eigenvalue weighted by molar-refractivity contribution is -0.187. The third-order valence-electron chi connectivity index (χ3n) is 6.25. The Morgan fingerprint density at radius 1 is 1.14 bits per heavy atom. The lowest BCUT2D eigenvalue weighted by Crippen LogP contribution is -2.42. The van der Waals surface area contributed by atoms with Gasteiger partial charge in [-0.25, -0.2) is 0 Å². The zero-order chi connectivity index (χ0) is 24.6. The van der Waals surface area contributed by atoms with Crippen molar-refractivity contribution < 1.29 is 24.5 Å². The van der Waals surface area contributed by atoms with E-state index in [1.165, 1.54) is 0 Å². The van der Waals surface area contributed by atoms with Gasteiger partial charge in [-0.3, -0.25) is 9.69 Å². The van der Waals surface area contributed by atoms with Crippen LogP contribution in [0, 0.1) is 11.3 Å². The molecule has 4 rings (SSSR count). The van der Waals surface area contributed by atoms with Crippen LogP contribution in [-0.4, -0.2) is 85.5 Å². The second-order valence-electron chi connectivity index (χ2n) is 8.92. The van der Waals surface area contributed by atoms with Crippen LogP contribution in [0.3, 0.4) is 0 Å². The molecule has 9 nitrogen and oxygen atoms in total. The quantitative estimate of drug-likeness (QED) is 0.330. The molecule has 1 amide bonds. The van der Waals surface area contributed by atoms with E-state index in [-0.39, 0.29) is 18.5 Å². The fourth-order valence-electron chi connectivity index (χ4n) is 4.36. The molecule has 0 saturated carbocycles. The van der Waals surface area contributed by atoms with E-state index < -0.39 is 24.4 Å². The second kappa shape index (κ2) is 12.1. The van der Waals surface area contributed by atoms with Crippen LogP contribution >= 0.6 is 0 Å². The first kappa shape index (κ1) is 25.1. The molecule has 35 heavy (non-hydrogen) atoms. The van der Waals surface area contributed by atoms with E-state index in [0.717, 1.165) is 61.4 Å². The summed E-state index contributed by atoms with van der Waals surface area (Å²) in [5.41, 5.74) is 1.77. The number of nitrogens with one attached hydrogen (secondary N) is 2. The standard InChI is InChI=1S/C26H32N4O5/c27-16-21(26(33)29-17-24-14-23(31)15-25(32)35-24)12-18-1-2-20-13-22(4-3-19(20)11-18)28-5-6-30-7-9-34-10-8-30/h1-4,11-13,23-25,28,31-32H,5-10,14-15,17H2,(H,29,33)/b21-12+. The van der Waals surface area contributed by atoms with E-state index >= 15 is 0 Å². The molecule has 3 atom stereocenters. The Morgan fingerprint density at radius 2 is 1.91 bits per heavy atom. The molecule has 0 radical (unpaired) electrons. The molecule has 9 heteroatoms. The first-order chi connectivity index (χ1) is 17.0. The molecule has 0 bridgehead atoms. The summed E-state index contributed by atoms with van der Waals surface area (Å²) in [6.45, 7) is 5.47. The number of aliphatic hydroxyl groups excluding tert-OH is 2. The SMILES string of the molecule is N#C/C(=C\c1ccc2cc(NCCN3CCOCC3)ccc2c1)C(=O)NCC1CC(O)CC(O)O1. The Bertz CT molecular complexity index is 1080. The first-order valence-electron chi connectivity index (χ1n) is 12.0. The number of morpholine rings is 1. The third kappa shape index (κ3) is 7.24. The monoisotopic (exact) mass is 480 g/mol. The molecular formula is C26H32N4O5. The number of nitriles is 1. The second-order valence-corrected chi connectivity index (χ2v) is 8.92. The van der Waals surface area contributed by atoms with Gasteiger partial charge in [0.25, 0.3) is 5.91 Å². The van der Waals surface area contributed by atoms with Crippen LogP contribution in [0.5, 0.6) is 0 Å². The molecule has 0 spiro atoms. The van der Waals surface area contributed by atoms with Gasteiger partial charge < -0.3 is 30.3 Å². The summed E-state index contributed by atoms with van der Waals surface area (Å²) >= 11 is 0. The summed E-state index contributed by atoms with van der Waals surface area (Å²) in [5, 5.41) is 37.0. The molecule has 2 aromatic carbocycles. The number of benzene rings is 2. The van der Waals surface area contributed by atoms with Gasteiger partial charge in [-0.15, -0.1) is 0 Å². The predicted molar refractivity (Wildman–Crippen MR) is 132 cm³/mol. The highest BCUT2D eigenvalue weighted by molar-refractivity contribution is 6.02. The van der Waals surface area contributed by atoms with Crippen LogP contribution in [0.4, 0.5) is 5.69 Å².